The van der Waals surface area contributed by atoms with E-state index in [0.717, 1.165) is 0 Å². The molecular formula is C20H44N4O18S2. The van der Waals surface area contributed by atoms with Crippen LogP contribution in [0.3, 0.4) is 0 Å². The molecule has 0 aromatic carbocycles. The highest BCUT2D eigenvalue weighted by molar-refractivity contribution is 7.80. The van der Waals surface area contributed by atoms with Crippen molar-refractivity contribution in [1.29, 1.82) is 0 Å². The van der Waals surface area contributed by atoms with Crippen molar-refractivity contribution in [2.75, 3.05) is 13.7 Å². The monoisotopic (exact) mass is 692 g/mol. The minimum Gasteiger partial charge on any atom is -0.391 e. The summed E-state index contributed by atoms with van der Waals surface area (Å²) >= 11 is 0. The minimum atomic E-state index is -4.67. The van der Waals surface area contributed by atoms with Crippen molar-refractivity contribution < 1.29 is 84.6 Å². The van der Waals surface area contributed by atoms with Gasteiger partial charge in [0.1, 0.15) is 48.3 Å². The largest absolute Gasteiger partial charge is 0.394 e. The number of hydrogen-bond donors (Lipinski definition) is 14. The van der Waals surface area contributed by atoms with E-state index in [0.29, 0.717) is 0 Å². The molecule has 2 heterocycles. The number of aliphatic hydroxyl groups excluding tert-OH is 5. The molecule has 3 rings (SSSR count). The van der Waals surface area contributed by atoms with Crippen molar-refractivity contribution in [2.24, 2.45) is 17.2 Å². The molecule has 17 N–H and O–H groups in total. The minimum absolute atomic E-state index is 0.135. The Kier molecular flexibility index (Phi) is 15.3. The first kappa shape index (κ1) is 41.2. The van der Waals surface area contributed by atoms with E-state index in [4.69, 9.17) is 71.2 Å². The van der Waals surface area contributed by atoms with E-state index in [1.807, 2.05) is 0 Å². The number of ether oxygens (including phenoxy) is 4. The van der Waals surface area contributed by atoms with Gasteiger partial charge in [-0.3, -0.25) is 18.2 Å². The van der Waals surface area contributed by atoms with Crippen molar-refractivity contribution >= 4 is 20.8 Å². The number of hydrogen-bond acceptors (Lipinski definition) is 18. The fourth-order valence-corrected chi connectivity index (χ4v) is 4.95. The van der Waals surface area contributed by atoms with Gasteiger partial charge in [-0.1, -0.05) is 0 Å². The lowest BCUT2D eigenvalue weighted by Gasteiger charge is -2.49. The summed E-state index contributed by atoms with van der Waals surface area (Å²) in [5, 5.41) is 65.2. The van der Waals surface area contributed by atoms with Gasteiger partial charge in [0.2, 0.25) is 0 Å². The molecule has 1 aliphatic carbocycles. The van der Waals surface area contributed by atoms with Crippen LogP contribution in [0.2, 0.25) is 0 Å². The molecule has 0 radical (unpaired) electrons. The topological polar surface area (TPSA) is 398 Å². The summed E-state index contributed by atoms with van der Waals surface area (Å²) in [6, 6.07) is -3.47. The van der Waals surface area contributed by atoms with Crippen LogP contribution in [0.1, 0.15) is 20.3 Å². The molecule has 44 heavy (non-hydrogen) atoms. The van der Waals surface area contributed by atoms with E-state index in [2.05, 4.69) is 5.32 Å². The zero-order valence-corrected chi connectivity index (χ0v) is 25.4. The molecule has 22 nitrogen and oxygen atoms in total. The standard InChI is InChI=1S/C20H40N4O10.2H2O4S/c1-6(25)14-11(27)10(26)9(23)18(32-14)33-15-7(21)4-8(22)16(12(15)28)34-19-13(29)17(24-3)20(2,30)5-31-19;2*1-5(2,3)4/h6-19,24-30H,4-5,21-23H2,1-3H3;2*(H2,1,2,3,4)/t6-,7+,8-,9+,10+,11+,12-,13+,14?,15-,16+,17+,18+,19+,20-;;/m1../s1. The average molecular weight is 693 g/mol. The van der Waals surface area contributed by atoms with Gasteiger partial charge in [0.05, 0.1) is 24.8 Å². The van der Waals surface area contributed by atoms with Gasteiger partial charge < -0.3 is 72.1 Å². The zero-order valence-electron chi connectivity index (χ0n) is 23.8. The first-order valence-corrected chi connectivity index (χ1v) is 15.6. The summed E-state index contributed by atoms with van der Waals surface area (Å²) in [6.07, 6.45) is -12.4. The smallest absolute Gasteiger partial charge is 0.391 e. The van der Waals surface area contributed by atoms with E-state index in [-0.39, 0.29) is 13.0 Å². The van der Waals surface area contributed by atoms with Crippen LogP contribution in [-0.2, 0) is 39.7 Å². The quantitative estimate of drug-likeness (QED) is 0.115. The molecule has 2 aliphatic heterocycles. The van der Waals surface area contributed by atoms with Gasteiger partial charge in [0.15, 0.2) is 12.6 Å². The maximum atomic E-state index is 11.1. The van der Waals surface area contributed by atoms with Crippen LogP contribution in [0.15, 0.2) is 0 Å². The Morgan fingerprint density at radius 1 is 0.841 bits per heavy atom. The predicted octanol–water partition coefficient (Wildman–Crippen LogP) is -6.92. The summed E-state index contributed by atoms with van der Waals surface area (Å²) in [6.45, 7) is 2.75. The second kappa shape index (κ2) is 16.3. The second-order valence-corrected chi connectivity index (χ2v) is 12.5. The molecule has 0 aromatic rings. The van der Waals surface area contributed by atoms with Gasteiger partial charge in [0.25, 0.3) is 0 Å². The first-order valence-electron chi connectivity index (χ1n) is 12.8. The molecule has 15 atom stereocenters. The Morgan fingerprint density at radius 2 is 1.27 bits per heavy atom. The van der Waals surface area contributed by atoms with Crippen LogP contribution in [0, 0.1) is 0 Å². The summed E-state index contributed by atoms with van der Waals surface area (Å²) in [5.41, 5.74) is 17.0. The molecule has 0 amide bonds. The zero-order chi connectivity index (χ0) is 34.5. The molecule has 24 heteroatoms. The predicted molar refractivity (Wildman–Crippen MR) is 144 cm³/mol. The van der Waals surface area contributed by atoms with Crippen LogP contribution in [0.25, 0.3) is 0 Å². The lowest BCUT2D eigenvalue weighted by Crippen LogP contribution is -2.69. The summed E-state index contributed by atoms with van der Waals surface area (Å²) in [4.78, 5) is 0. The number of likely N-dealkylation sites (N-methyl/N-ethyl adjacent to an activating group) is 1. The molecule has 2 saturated heterocycles. The van der Waals surface area contributed by atoms with Crippen molar-refractivity contribution in [3.05, 3.63) is 0 Å². The van der Waals surface area contributed by atoms with Crippen molar-refractivity contribution in [3.8, 4) is 0 Å². The normalized spacial score (nSPS) is 44.0. The Bertz CT molecular complexity index is 1050. The van der Waals surface area contributed by atoms with Gasteiger partial charge in [-0.2, -0.15) is 16.8 Å². The van der Waals surface area contributed by atoms with E-state index < -0.39 is 112 Å². The SMILES string of the molecule is CN[C@H]1[C@H](O)[C@H](O[C@@H]2[C@H](O)[C@H](O[C@@H]3OC([C@@H](C)O)[C@@H](O)[C@@H](O)[C@@H]3N)[C@@H](N)C[C@H]2N)OC[C@@]1(C)O.O=S(=O)(O)O.O=S(=O)(O)O. The fourth-order valence-electron chi connectivity index (χ4n) is 4.95. The van der Waals surface area contributed by atoms with E-state index in [1.54, 1.807) is 7.05 Å². The molecule has 3 fully saturated rings. The molecule has 1 saturated carbocycles. The lowest BCUT2D eigenvalue weighted by atomic mass is 9.84. The Labute approximate surface area is 253 Å². The van der Waals surface area contributed by atoms with Gasteiger partial charge in [-0.05, 0) is 27.3 Å². The van der Waals surface area contributed by atoms with Crippen molar-refractivity contribution in [2.45, 2.75) is 111 Å². The van der Waals surface area contributed by atoms with E-state index in [1.165, 1.54) is 13.8 Å². The summed E-state index contributed by atoms with van der Waals surface area (Å²) < 4.78 is 85.9. The number of nitrogens with one attached hydrogen (secondary N) is 1. The fraction of sp³-hybridized carbons (Fsp3) is 1.00. The summed E-state index contributed by atoms with van der Waals surface area (Å²) in [5.74, 6) is 0. The van der Waals surface area contributed by atoms with Crippen molar-refractivity contribution in [1.82, 2.24) is 5.32 Å². The van der Waals surface area contributed by atoms with Gasteiger partial charge in [-0.25, -0.2) is 0 Å². The third kappa shape index (κ3) is 12.4. The van der Waals surface area contributed by atoms with Gasteiger partial charge in [-0.15, -0.1) is 0 Å². The second-order valence-electron chi connectivity index (χ2n) is 10.7. The molecule has 0 bridgehead atoms. The highest BCUT2D eigenvalue weighted by Crippen LogP contribution is 2.32. The van der Waals surface area contributed by atoms with E-state index in [9.17, 15) is 30.6 Å². The van der Waals surface area contributed by atoms with Crippen molar-refractivity contribution in [3.63, 3.8) is 0 Å². The van der Waals surface area contributed by atoms with Crippen LogP contribution >= 0.6 is 0 Å². The Morgan fingerprint density at radius 3 is 1.68 bits per heavy atom. The highest BCUT2D eigenvalue weighted by atomic mass is 32.3. The number of aliphatic hydroxyl groups is 6. The average Bonchev–Trinajstić information content (AvgIpc) is 2.83. The number of rotatable bonds is 6. The Balaban J connectivity index is 0.000000837. The Hall–Kier alpha value is -0.820. The number of nitrogens with two attached hydrogens (primary N) is 3. The third-order valence-electron chi connectivity index (χ3n) is 6.95. The van der Waals surface area contributed by atoms with Gasteiger partial charge in [0, 0.05) is 12.1 Å². The molecule has 3 aliphatic rings. The first-order chi connectivity index (χ1) is 19.8. The molecular weight excluding hydrogens is 648 g/mol. The maximum absolute atomic E-state index is 11.1. The molecule has 1 unspecified atom stereocenters. The summed E-state index contributed by atoms with van der Waals surface area (Å²) in [7, 11) is -7.76. The van der Waals surface area contributed by atoms with Crippen LogP contribution < -0.4 is 22.5 Å². The lowest BCUT2D eigenvalue weighted by molar-refractivity contribution is -0.319. The molecule has 0 aromatic heterocycles. The maximum Gasteiger partial charge on any atom is 0.394 e. The van der Waals surface area contributed by atoms with E-state index >= 15 is 0 Å². The van der Waals surface area contributed by atoms with Gasteiger partial charge >= 0.3 is 20.8 Å². The molecule has 0 spiro atoms. The molecule has 264 valence electrons. The highest BCUT2D eigenvalue weighted by Gasteiger charge is 2.52. The van der Waals surface area contributed by atoms with Crippen LogP contribution in [0.5, 0.6) is 0 Å². The third-order valence-corrected chi connectivity index (χ3v) is 6.95. The van der Waals surface area contributed by atoms with Crippen LogP contribution in [-0.4, -0.2) is 171 Å². The van der Waals surface area contributed by atoms with Crippen LogP contribution in [0.4, 0.5) is 0 Å².